The van der Waals surface area contributed by atoms with Crippen molar-refractivity contribution in [2.24, 2.45) is 5.92 Å². The lowest BCUT2D eigenvalue weighted by Gasteiger charge is -2.18. The molecule has 0 spiro atoms. The van der Waals surface area contributed by atoms with E-state index in [4.69, 9.17) is 0 Å². The first-order valence-corrected chi connectivity index (χ1v) is 6.72. The first-order chi connectivity index (χ1) is 7.09. The number of hydrogen-bond acceptors (Lipinski definition) is 0. The van der Waals surface area contributed by atoms with Gasteiger partial charge in [-0.25, -0.2) is 0 Å². The number of aryl methyl sites for hydroxylation is 2. The summed E-state index contributed by atoms with van der Waals surface area (Å²) < 4.78 is 0. The molecule has 0 saturated heterocycles. The zero-order valence-electron chi connectivity index (χ0n) is 9.76. The molecule has 1 aromatic rings. The van der Waals surface area contributed by atoms with Gasteiger partial charge in [0.1, 0.15) is 0 Å². The fourth-order valence-electron chi connectivity index (χ4n) is 2.58. The Morgan fingerprint density at radius 1 is 1.13 bits per heavy atom. The molecule has 3 unspecified atom stereocenters. The minimum Gasteiger partial charge on any atom is -0.0888 e. The van der Waals surface area contributed by atoms with Gasteiger partial charge >= 0.3 is 0 Å². The summed E-state index contributed by atoms with van der Waals surface area (Å²) in [4.78, 5) is 0.712. The van der Waals surface area contributed by atoms with Crippen LogP contribution < -0.4 is 0 Å². The summed E-state index contributed by atoms with van der Waals surface area (Å²) in [6, 6.07) is 6.95. The number of hydrogen-bond donors (Lipinski definition) is 0. The van der Waals surface area contributed by atoms with E-state index in [1.807, 2.05) is 0 Å². The van der Waals surface area contributed by atoms with Gasteiger partial charge < -0.3 is 0 Å². The van der Waals surface area contributed by atoms with Crippen LogP contribution in [0.3, 0.4) is 0 Å². The molecule has 1 aliphatic rings. The van der Waals surface area contributed by atoms with Crippen LogP contribution in [0.15, 0.2) is 18.2 Å². The summed E-state index contributed by atoms with van der Waals surface area (Å²) in [5, 5.41) is 0. The van der Waals surface area contributed by atoms with Crippen molar-refractivity contribution in [1.82, 2.24) is 0 Å². The predicted octanol–water partition coefficient (Wildman–Crippen LogP) is 4.58. The third-order valence-electron chi connectivity index (χ3n) is 3.92. The molecule has 2 rings (SSSR count). The first kappa shape index (κ1) is 11.2. The molecule has 1 aliphatic carbocycles. The van der Waals surface area contributed by atoms with Crippen molar-refractivity contribution in [2.75, 3.05) is 0 Å². The lowest BCUT2D eigenvalue weighted by molar-refractivity contribution is 0.544. The van der Waals surface area contributed by atoms with Crippen molar-refractivity contribution < 1.29 is 0 Å². The monoisotopic (exact) mass is 266 g/mol. The van der Waals surface area contributed by atoms with Crippen LogP contribution in [-0.2, 0) is 0 Å². The molecule has 1 fully saturated rings. The van der Waals surface area contributed by atoms with E-state index in [0.29, 0.717) is 4.83 Å². The molecule has 0 nitrogen and oxygen atoms in total. The molecule has 0 aromatic heterocycles. The molecule has 1 heteroatoms. The van der Waals surface area contributed by atoms with Gasteiger partial charge in [-0.2, -0.15) is 0 Å². The third kappa shape index (κ3) is 2.13. The van der Waals surface area contributed by atoms with Crippen molar-refractivity contribution in [3.63, 3.8) is 0 Å². The Balaban J connectivity index is 2.26. The first-order valence-electron chi connectivity index (χ1n) is 5.81. The fourth-order valence-corrected chi connectivity index (χ4v) is 3.21. The highest BCUT2D eigenvalue weighted by atomic mass is 79.9. The number of halogens is 1. The van der Waals surface area contributed by atoms with E-state index >= 15 is 0 Å². The van der Waals surface area contributed by atoms with Crippen LogP contribution >= 0.6 is 15.9 Å². The normalized spacial score (nSPS) is 30.8. The second kappa shape index (κ2) is 4.29. The molecule has 0 N–H and O–H groups in total. The van der Waals surface area contributed by atoms with Gasteiger partial charge in [-0.05, 0) is 55.2 Å². The van der Waals surface area contributed by atoms with Crippen molar-refractivity contribution >= 4 is 15.9 Å². The summed E-state index contributed by atoms with van der Waals surface area (Å²) in [6.45, 7) is 6.76. The Hall–Kier alpha value is -0.300. The molecule has 0 bridgehead atoms. The van der Waals surface area contributed by atoms with Gasteiger partial charge in [0.25, 0.3) is 0 Å². The Morgan fingerprint density at radius 3 is 2.40 bits per heavy atom. The highest BCUT2D eigenvalue weighted by Gasteiger charge is 2.31. The van der Waals surface area contributed by atoms with E-state index in [2.05, 4.69) is 54.9 Å². The van der Waals surface area contributed by atoms with Crippen LogP contribution in [0.2, 0.25) is 0 Å². The van der Waals surface area contributed by atoms with Crippen LogP contribution in [0, 0.1) is 19.8 Å². The number of benzene rings is 1. The summed E-state index contributed by atoms with van der Waals surface area (Å²) in [7, 11) is 0. The average molecular weight is 267 g/mol. The highest BCUT2D eigenvalue weighted by molar-refractivity contribution is 9.09. The lowest BCUT2D eigenvalue weighted by Crippen LogP contribution is -2.09. The van der Waals surface area contributed by atoms with Gasteiger partial charge in [0.15, 0.2) is 0 Å². The standard InChI is InChI=1S/C14H19Br/c1-9-4-5-12(8-10(9)2)13-6-7-14(15)11(13)3/h4-5,8,11,13-14H,6-7H2,1-3H3. The van der Waals surface area contributed by atoms with E-state index < -0.39 is 0 Å². The number of rotatable bonds is 1. The molecule has 15 heavy (non-hydrogen) atoms. The maximum Gasteiger partial charge on any atom is 0.0177 e. The Morgan fingerprint density at radius 2 is 1.87 bits per heavy atom. The molecular weight excluding hydrogens is 248 g/mol. The zero-order chi connectivity index (χ0) is 11.0. The molecule has 1 aromatic carbocycles. The highest BCUT2D eigenvalue weighted by Crippen LogP contribution is 2.43. The van der Waals surface area contributed by atoms with Gasteiger partial charge in [0.05, 0.1) is 0 Å². The van der Waals surface area contributed by atoms with Crippen molar-refractivity contribution in [3.05, 3.63) is 34.9 Å². The maximum absolute atomic E-state index is 3.77. The van der Waals surface area contributed by atoms with E-state index in [1.54, 1.807) is 0 Å². The van der Waals surface area contributed by atoms with E-state index in [0.717, 1.165) is 11.8 Å². The minimum absolute atomic E-state index is 0.712. The molecule has 82 valence electrons. The summed E-state index contributed by atoms with van der Waals surface area (Å²) in [5.41, 5.74) is 4.37. The van der Waals surface area contributed by atoms with Crippen LogP contribution in [0.1, 0.15) is 42.4 Å². The Labute approximate surface area is 101 Å². The van der Waals surface area contributed by atoms with Gasteiger partial charge in [0, 0.05) is 4.83 Å². The second-order valence-corrected chi connectivity index (χ2v) is 6.08. The molecule has 1 saturated carbocycles. The van der Waals surface area contributed by atoms with Crippen LogP contribution in [0.25, 0.3) is 0 Å². The fraction of sp³-hybridized carbons (Fsp3) is 0.571. The van der Waals surface area contributed by atoms with Crippen molar-refractivity contribution in [3.8, 4) is 0 Å². The van der Waals surface area contributed by atoms with E-state index in [-0.39, 0.29) is 0 Å². The predicted molar refractivity (Wildman–Crippen MR) is 69.8 cm³/mol. The Bertz CT molecular complexity index is 356. The van der Waals surface area contributed by atoms with Gasteiger partial charge in [-0.1, -0.05) is 41.1 Å². The maximum atomic E-state index is 3.77. The van der Waals surface area contributed by atoms with Gasteiger partial charge in [-0.15, -0.1) is 0 Å². The van der Waals surface area contributed by atoms with E-state index in [9.17, 15) is 0 Å². The third-order valence-corrected chi connectivity index (χ3v) is 5.21. The lowest BCUT2D eigenvalue weighted by atomic mass is 9.88. The van der Waals surface area contributed by atoms with Gasteiger partial charge in [0.2, 0.25) is 0 Å². The van der Waals surface area contributed by atoms with Gasteiger partial charge in [-0.3, -0.25) is 0 Å². The quantitative estimate of drug-likeness (QED) is 0.653. The minimum atomic E-state index is 0.712. The Kier molecular flexibility index (Phi) is 3.20. The topological polar surface area (TPSA) is 0 Å². The van der Waals surface area contributed by atoms with E-state index in [1.165, 1.54) is 29.5 Å². The van der Waals surface area contributed by atoms with Crippen LogP contribution in [0.5, 0.6) is 0 Å². The molecule has 0 aliphatic heterocycles. The largest absolute Gasteiger partial charge is 0.0888 e. The van der Waals surface area contributed by atoms with Crippen molar-refractivity contribution in [1.29, 1.82) is 0 Å². The molecule has 0 amide bonds. The number of alkyl halides is 1. The average Bonchev–Trinajstić information content (AvgIpc) is 2.53. The molecule has 0 heterocycles. The summed E-state index contributed by atoms with van der Waals surface area (Å²) in [5.74, 6) is 1.53. The smallest absolute Gasteiger partial charge is 0.0177 e. The van der Waals surface area contributed by atoms with Crippen LogP contribution in [-0.4, -0.2) is 4.83 Å². The molecule has 3 atom stereocenters. The van der Waals surface area contributed by atoms with Crippen molar-refractivity contribution in [2.45, 2.75) is 44.4 Å². The second-order valence-electron chi connectivity index (χ2n) is 4.90. The molecular formula is C14H19Br. The van der Waals surface area contributed by atoms with Crippen LogP contribution in [0.4, 0.5) is 0 Å². The zero-order valence-corrected chi connectivity index (χ0v) is 11.3. The SMILES string of the molecule is Cc1ccc(C2CCC(Br)C2C)cc1C. The molecule has 0 radical (unpaired) electrons. The summed E-state index contributed by atoms with van der Waals surface area (Å²) >= 11 is 3.77. The summed E-state index contributed by atoms with van der Waals surface area (Å²) in [6.07, 6.45) is 2.65.